The standard InChI is InChI=1S/C21H17N2O/c1-13-7-10-18-20(19(13)17-6-4-5-11-23(17)3)16-9-8-15(12-22)14(2)21(16)24-18/h4-11H,1-3H3/q+1. The van der Waals surface area contributed by atoms with Gasteiger partial charge in [0.1, 0.15) is 18.2 Å². The molecule has 0 N–H and O–H groups in total. The fraction of sp³-hybridized carbons (Fsp3) is 0.143. The number of hydrogen-bond donors (Lipinski definition) is 0. The van der Waals surface area contributed by atoms with Gasteiger partial charge in [-0.3, -0.25) is 0 Å². The van der Waals surface area contributed by atoms with E-state index in [9.17, 15) is 5.26 Å². The summed E-state index contributed by atoms with van der Waals surface area (Å²) in [5.41, 5.74) is 6.73. The highest BCUT2D eigenvalue weighted by atomic mass is 16.3. The Morgan fingerprint density at radius 2 is 1.88 bits per heavy atom. The SMILES string of the molecule is Cc1ccc2oc3c(C)c(C#N)ccc3c2c1-c1cccc[n+]1C. The van der Waals surface area contributed by atoms with E-state index in [0.29, 0.717) is 5.56 Å². The van der Waals surface area contributed by atoms with E-state index in [1.807, 2.05) is 31.2 Å². The quantitative estimate of drug-likeness (QED) is 0.483. The van der Waals surface area contributed by atoms with Crippen molar-refractivity contribution in [2.24, 2.45) is 7.05 Å². The minimum absolute atomic E-state index is 0.657. The number of nitrogens with zero attached hydrogens (tertiary/aromatic N) is 2. The smallest absolute Gasteiger partial charge is 0.213 e. The highest BCUT2D eigenvalue weighted by Crippen LogP contribution is 2.39. The van der Waals surface area contributed by atoms with Crippen molar-refractivity contribution in [2.45, 2.75) is 13.8 Å². The normalized spacial score (nSPS) is 11.1. The summed E-state index contributed by atoms with van der Waals surface area (Å²) in [4.78, 5) is 0. The van der Waals surface area contributed by atoms with E-state index in [-0.39, 0.29) is 0 Å². The Labute approximate surface area is 140 Å². The van der Waals surface area contributed by atoms with Gasteiger partial charge in [-0.25, -0.2) is 4.57 Å². The van der Waals surface area contributed by atoms with Crippen LogP contribution in [0.15, 0.2) is 53.1 Å². The number of nitriles is 1. The van der Waals surface area contributed by atoms with Gasteiger partial charge in [0.2, 0.25) is 5.69 Å². The molecular weight excluding hydrogens is 296 g/mol. The fourth-order valence-electron chi connectivity index (χ4n) is 3.40. The van der Waals surface area contributed by atoms with Crippen molar-refractivity contribution in [3.63, 3.8) is 0 Å². The van der Waals surface area contributed by atoms with Gasteiger partial charge in [0.25, 0.3) is 0 Å². The van der Waals surface area contributed by atoms with E-state index in [1.165, 1.54) is 11.1 Å². The first-order valence-corrected chi connectivity index (χ1v) is 7.92. The molecule has 24 heavy (non-hydrogen) atoms. The number of pyridine rings is 1. The van der Waals surface area contributed by atoms with Gasteiger partial charge in [0.05, 0.1) is 17.2 Å². The number of hydrogen-bond acceptors (Lipinski definition) is 2. The third-order valence-corrected chi connectivity index (χ3v) is 4.69. The average Bonchev–Trinajstić information content (AvgIpc) is 2.96. The van der Waals surface area contributed by atoms with E-state index in [2.05, 4.69) is 49.0 Å². The number of aromatic nitrogens is 1. The number of furan rings is 1. The van der Waals surface area contributed by atoms with Crippen molar-refractivity contribution < 1.29 is 8.98 Å². The molecule has 0 unspecified atom stereocenters. The van der Waals surface area contributed by atoms with Crippen LogP contribution in [0, 0.1) is 25.2 Å². The first kappa shape index (κ1) is 14.5. The van der Waals surface area contributed by atoms with Crippen molar-refractivity contribution in [2.75, 3.05) is 0 Å². The Balaban J connectivity index is 2.21. The summed E-state index contributed by atoms with van der Waals surface area (Å²) >= 11 is 0. The van der Waals surface area contributed by atoms with Crippen molar-refractivity contribution in [3.05, 3.63) is 65.4 Å². The number of fused-ring (bicyclic) bond motifs is 3. The molecule has 0 radical (unpaired) electrons. The molecule has 0 amide bonds. The van der Waals surface area contributed by atoms with Crippen molar-refractivity contribution in [1.29, 1.82) is 5.26 Å². The highest BCUT2D eigenvalue weighted by Gasteiger charge is 2.21. The van der Waals surface area contributed by atoms with Crippen molar-refractivity contribution >= 4 is 21.9 Å². The summed E-state index contributed by atoms with van der Waals surface area (Å²) in [5, 5.41) is 11.4. The van der Waals surface area contributed by atoms with Crippen LogP contribution in [0.5, 0.6) is 0 Å². The maximum Gasteiger partial charge on any atom is 0.213 e. The Morgan fingerprint density at radius 1 is 1.04 bits per heavy atom. The molecule has 0 atom stereocenters. The van der Waals surface area contributed by atoms with E-state index in [1.54, 1.807) is 0 Å². The molecule has 4 aromatic rings. The second-order valence-corrected chi connectivity index (χ2v) is 6.16. The van der Waals surface area contributed by atoms with Crippen LogP contribution in [-0.4, -0.2) is 0 Å². The zero-order valence-electron chi connectivity index (χ0n) is 13.9. The molecule has 0 fully saturated rings. The molecule has 0 bridgehead atoms. The summed E-state index contributed by atoms with van der Waals surface area (Å²) in [7, 11) is 2.05. The van der Waals surface area contributed by atoms with Crippen LogP contribution in [0.1, 0.15) is 16.7 Å². The summed E-state index contributed by atoms with van der Waals surface area (Å²) in [6.45, 7) is 4.06. The molecule has 0 saturated carbocycles. The molecule has 4 rings (SSSR count). The molecule has 2 aromatic heterocycles. The highest BCUT2D eigenvalue weighted by molar-refractivity contribution is 6.13. The fourth-order valence-corrected chi connectivity index (χ4v) is 3.40. The van der Waals surface area contributed by atoms with E-state index in [0.717, 1.165) is 33.2 Å². The predicted molar refractivity (Wildman–Crippen MR) is 94.5 cm³/mol. The van der Waals surface area contributed by atoms with Gasteiger partial charge in [-0.05, 0) is 43.7 Å². The Hall–Kier alpha value is -3.12. The summed E-state index contributed by atoms with van der Waals surface area (Å²) in [5.74, 6) is 0. The van der Waals surface area contributed by atoms with Gasteiger partial charge in [0.15, 0.2) is 6.20 Å². The Morgan fingerprint density at radius 3 is 2.62 bits per heavy atom. The maximum absolute atomic E-state index is 9.27. The monoisotopic (exact) mass is 313 g/mol. The molecule has 0 aliphatic carbocycles. The van der Waals surface area contributed by atoms with Crippen LogP contribution in [0.4, 0.5) is 0 Å². The van der Waals surface area contributed by atoms with Crippen LogP contribution in [0.25, 0.3) is 33.2 Å². The molecule has 2 heterocycles. The van der Waals surface area contributed by atoms with Crippen molar-refractivity contribution in [3.8, 4) is 17.3 Å². The van der Waals surface area contributed by atoms with Gasteiger partial charge in [0, 0.05) is 28.5 Å². The van der Waals surface area contributed by atoms with Crippen molar-refractivity contribution in [1.82, 2.24) is 0 Å². The zero-order chi connectivity index (χ0) is 16.8. The minimum Gasteiger partial charge on any atom is -0.456 e. The van der Waals surface area contributed by atoms with Crippen LogP contribution in [0.3, 0.4) is 0 Å². The average molecular weight is 313 g/mol. The lowest BCUT2D eigenvalue weighted by molar-refractivity contribution is -0.660. The molecule has 116 valence electrons. The number of benzene rings is 2. The van der Waals surface area contributed by atoms with E-state index < -0.39 is 0 Å². The first-order valence-electron chi connectivity index (χ1n) is 7.92. The molecule has 2 aromatic carbocycles. The topological polar surface area (TPSA) is 40.8 Å². The number of rotatable bonds is 1. The first-order chi connectivity index (χ1) is 11.6. The lowest BCUT2D eigenvalue weighted by Crippen LogP contribution is -2.30. The summed E-state index contributed by atoms with van der Waals surface area (Å²) in [6, 6.07) is 16.4. The van der Waals surface area contributed by atoms with Gasteiger partial charge in [-0.1, -0.05) is 6.07 Å². The van der Waals surface area contributed by atoms with Gasteiger partial charge in [-0.2, -0.15) is 5.26 Å². The zero-order valence-corrected chi connectivity index (χ0v) is 13.9. The van der Waals surface area contributed by atoms with Crippen LogP contribution in [0.2, 0.25) is 0 Å². The maximum atomic E-state index is 9.27. The van der Waals surface area contributed by atoms with Gasteiger partial charge < -0.3 is 4.42 Å². The van der Waals surface area contributed by atoms with Gasteiger partial charge >= 0.3 is 0 Å². The molecular formula is C21H17N2O+. The molecule has 0 aliphatic heterocycles. The second kappa shape index (κ2) is 5.21. The molecule has 0 spiro atoms. The predicted octanol–water partition coefficient (Wildman–Crippen LogP) is 4.57. The second-order valence-electron chi connectivity index (χ2n) is 6.16. The lowest BCUT2D eigenvalue weighted by Gasteiger charge is -2.06. The van der Waals surface area contributed by atoms with E-state index >= 15 is 0 Å². The summed E-state index contributed by atoms with van der Waals surface area (Å²) < 4.78 is 8.24. The summed E-state index contributed by atoms with van der Waals surface area (Å²) in [6.07, 6.45) is 2.05. The molecule has 0 saturated heterocycles. The Bertz CT molecular complexity index is 1150. The van der Waals surface area contributed by atoms with E-state index in [4.69, 9.17) is 4.42 Å². The number of aryl methyl sites for hydroxylation is 3. The van der Waals surface area contributed by atoms with Gasteiger partial charge in [-0.15, -0.1) is 0 Å². The minimum atomic E-state index is 0.657. The molecule has 3 nitrogen and oxygen atoms in total. The lowest BCUT2D eigenvalue weighted by atomic mass is 9.96. The van der Waals surface area contributed by atoms with Crippen LogP contribution in [-0.2, 0) is 7.05 Å². The van der Waals surface area contributed by atoms with Crippen LogP contribution >= 0.6 is 0 Å². The third kappa shape index (κ3) is 1.93. The van der Waals surface area contributed by atoms with Crippen LogP contribution < -0.4 is 4.57 Å². The largest absolute Gasteiger partial charge is 0.456 e. The molecule has 3 heteroatoms. The third-order valence-electron chi connectivity index (χ3n) is 4.69. The Kier molecular flexibility index (Phi) is 3.14. The molecule has 0 aliphatic rings.